The van der Waals surface area contributed by atoms with Crippen LogP contribution < -0.4 is 36.6 Å². The zero-order valence-corrected chi connectivity index (χ0v) is 32.5. The summed E-state index contributed by atoms with van der Waals surface area (Å²) in [5.74, 6) is 0. The first kappa shape index (κ1) is 32.1. The molecule has 9 rings (SSSR count). The molecule has 4 heteroatoms. The second-order valence-corrected chi connectivity index (χ2v) is 21.9. The summed E-state index contributed by atoms with van der Waals surface area (Å²) in [4.78, 5) is 5.14. The number of benzene rings is 6. The quantitative estimate of drug-likeness (QED) is 0.172. The first-order valence-electron chi connectivity index (χ1n) is 18.6. The minimum Gasteiger partial charge on any atom is -0.311 e. The SMILES string of the molecule is Cc1cc2c3c(c1)N(c1ccc(C(C)(C)C)cc1)c1cccc4c1B3c1c(cccc1[Si]4(C)C)N2c1ccc(-c2ccc(C(C)(C)C)cc2)cc1. The van der Waals surface area contributed by atoms with Crippen LogP contribution in [0.4, 0.5) is 34.1 Å². The standard InChI is InChI=1S/C47H47BN2Si/c1-30-28-39-43-40(29-30)50(36-26-22-34(23-27-36)47(5,6)7)38-13-11-15-42-45(38)48(43)44-37(12-10-14-41(44)51(42,8)9)49(39)35-24-18-32(19-25-35)31-16-20-33(21-17-31)46(2,3)4/h10-29H,1-9H3. The highest BCUT2D eigenvalue weighted by molar-refractivity contribution is 7.16. The number of anilines is 6. The molecule has 0 bridgehead atoms. The third-order valence-electron chi connectivity index (χ3n) is 11.8. The Labute approximate surface area is 305 Å². The van der Waals surface area contributed by atoms with Gasteiger partial charge in [0.1, 0.15) is 8.07 Å². The summed E-state index contributed by atoms with van der Waals surface area (Å²) < 4.78 is 0. The highest BCUT2D eigenvalue weighted by Gasteiger charge is 2.51. The molecule has 0 aromatic heterocycles. The lowest BCUT2D eigenvalue weighted by atomic mass is 9.33. The molecule has 0 unspecified atom stereocenters. The predicted molar refractivity (Wildman–Crippen MR) is 225 cm³/mol. The first-order valence-corrected chi connectivity index (χ1v) is 21.6. The van der Waals surface area contributed by atoms with Gasteiger partial charge in [-0.05, 0) is 110 Å². The van der Waals surface area contributed by atoms with E-state index in [-0.39, 0.29) is 17.5 Å². The second kappa shape index (κ2) is 10.9. The van der Waals surface area contributed by atoms with Crippen LogP contribution in [0.3, 0.4) is 0 Å². The number of hydrogen-bond donors (Lipinski definition) is 0. The Balaban J connectivity index is 1.26. The smallest absolute Gasteiger partial charge is 0.251 e. The molecule has 0 radical (unpaired) electrons. The van der Waals surface area contributed by atoms with E-state index < -0.39 is 8.07 Å². The molecule has 3 heterocycles. The van der Waals surface area contributed by atoms with Gasteiger partial charge in [0.2, 0.25) is 0 Å². The molecule has 3 aliphatic heterocycles. The second-order valence-electron chi connectivity index (χ2n) is 17.6. The molecule has 2 nitrogen and oxygen atoms in total. The molecule has 6 aromatic rings. The van der Waals surface area contributed by atoms with E-state index in [1.54, 1.807) is 10.4 Å². The van der Waals surface area contributed by atoms with Crippen LogP contribution in [0.15, 0.2) is 121 Å². The van der Waals surface area contributed by atoms with E-state index in [0.29, 0.717) is 0 Å². The molecule has 0 aliphatic carbocycles. The van der Waals surface area contributed by atoms with Crippen LogP contribution in [0.1, 0.15) is 58.2 Å². The molecule has 0 atom stereocenters. The van der Waals surface area contributed by atoms with Gasteiger partial charge in [0.25, 0.3) is 6.71 Å². The van der Waals surface area contributed by atoms with Crippen LogP contribution in [0.2, 0.25) is 13.1 Å². The van der Waals surface area contributed by atoms with E-state index in [1.807, 2.05) is 0 Å². The summed E-state index contributed by atoms with van der Waals surface area (Å²) in [6.45, 7) is 21.3. The van der Waals surface area contributed by atoms with Gasteiger partial charge in [-0.25, -0.2) is 0 Å². The van der Waals surface area contributed by atoms with Crippen LogP contribution in [-0.2, 0) is 10.8 Å². The average Bonchev–Trinajstić information content (AvgIpc) is 3.10. The Kier molecular flexibility index (Phi) is 6.84. The molecule has 51 heavy (non-hydrogen) atoms. The number of nitrogens with zero attached hydrogens (tertiary/aromatic N) is 2. The molecule has 252 valence electrons. The van der Waals surface area contributed by atoms with Crippen LogP contribution >= 0.6 is 0 Å². The van der Waals surface area contributed by atoms with Crippen molar-refractivity contribution in [3.63, 3.8) is 0 Å². The van der Waals surface area contributed by atoms with Crippen molar-refractivity contribution >= 4 is 75.7 Å². The third-order valence-corrected chi connectivity index (χ3v) is 15.4. The lowest BCUT2D eigenvalue weighted by Crippen LogP contribution is -2.79. The zero-order chi connectivity index (χ0) is 35.6. The highest BCUT2D eigenvalue weighted by Crippen LogP contribution is 2.45. The summed E-state index contributed by atoms with van der Waals surface area (Å²) in [7, 11) is -2.04. The molecule has 0 amide bonds. The molecule has 3 aliphatic rings. The number of rotatable bonds is 3. The summed E-state index contributed by atoms with van der Waals surface area (Å²) in [6, 6.07) is 46.8. The van der Waals surface area contributed by atoms with E-state index in [4.69, 9.17) is 0 Å². The lowest BCUT2D eigenvalue weighted by Gasteiger charge is -2.50. The van der Waals surface area contributed by atoms with E-state index >= 15 is 0 Å². The van der Waals surface area contributed by atoms with Gasteiger partial charge in [0.05, 0.1) is 0 Å². The van der Waals surface area contributed by atoms with Gasteiger partial charge in [-0.2, -0.15) is 0 Å². The minimum absolute atomic E-state index is 0.0988. The average molecular weight is 679 g/mol. The maximum atomic E-state index is 2.57. The van der Waals surface area contributed by atoms with Crippen molar-refractivity contribution in [2.45, 2.75) is 72.4 Å². The molecular weight excluding hydrogens is 631 g/mol. The summed E-state index contributed by atoms with van der Waals surface area (Å²) in [5, 5.41) is 3.13. The molecule has 0 saturated carbocycles. The lowest BCUT2D eigenvalue weighted by molar-refractivity contribution is 0.590. The molecule has 6 aromatic carbocycles. The van der Waals surface area contributed by atoms with Crippen molar-refractivity contribution in [1.82, 2.24) is 0 Å². The maximum Gasteiger partial charge on any atom is 0.251 e. The van der Waals surface area contributed by atoms with Crippen LogP contribution in [0.5, 0.6) is 0 Å². The van der Waals surface area contributed by atoms with Gasteiger partial charge in [0.15, 0.2) is 0 Å². The molecule has 0 fully saturated rings. The van der Waals surface area contributed by atoms with Crippen LogP contribution in [0.25, 0.3) is 11.1 Å². The Bertz CT molecular complexity index is 2360. The molecule has 0 N–H and O–H groups in total. The fraction of sp³-hybridized carbons (Fsp3) is 0.234. The van der Waals surface area contributed by atoms with E-state index in [9.17, 15) is 0 Å². The summed E-state index contributed by atoms with van der Waals surface area (Å²) in [6.07, 6.45) is 0. The van der Waals surface area contributed by atoms with Gasteiger partial charge in [-0.15, -0.1) is 0 Å². The van der Waals surface area contributed by atoms with Crippen molar-refractivity contribution in [3.05, 3.63) is 138 Å². The van der Waals surface area contributed by atoms with E-state index in [2.05, 4.69) is 193 Å². The largest absolute Gasteiger partial charge is 0.311 e. The predicted octanol–water partition coefficient (Wildman–Crippen LogP) is 9.48. The van der Waals surface area contributed by atoms with Crippen molar-refractivity contribution in [2.24, 2.45) is 0 Å². The van der Waals surface area contributed by atoms with Crippen molar-refractivity contribution in [1.29, 1.82) is 0 Å². The van der Waals surface area contributed by atoms with Crippen LogP contribution in [0, 0.1) is 6.92 Å². The monoisotopic (exact) mass is 678 g/mol. The summed E-state index contributed by atoms with van der Waals surface area (Å²) >= 11 is 0. The Morgan fingerprint density at radius 1 is 0.471 bits per heavy atom. The fourth-order valence-corrected chi connectivity index (χ4v) is 12.3. The Morgan fingerprint density at radius 3 is 1.29 bits per heavy atom. The third kappa shape index (κ3) is 4.75. The normalized spacial score (nSPS) is 15.2. The molecule has 0 saturated heterocycles. The van der Waals surface area contributed by atoms with Gasteiger partial charge in [0, 0.05) is 34.1 Å². The topological polar surface area (TPSA) is 6.48 Å². The molecular formula is C47H47BN2Si. The number of aryl methyl sites for hydroxylation is 1. The number of hydrogen-bond acceptors (Lipinski definition) is 2. The zero-order valence-electron chi connectivity index (χ0n) is 31.5. The van der Waals surface area contributed by atoms with Crippen LogP contribution in [-0.4, -0.2) is 14.8 Å². The van der Waals surface area contributed by atoms with E-state index in [0.717, 1.165) is 0 Å². The Morgan fingerprint density at radius 2 is 0.863 bits per heavy atom. The van der Waals surface area contributed by atoms with Crippen molar-refractivity contribution in [3.8, 4) is 11.1 Å². The Hall–Kier alpha value is -4.80. The first-order chi connectivity index (χ1) is 24.2. The van der Waals surface area contributed by atoms with E-state index in [1.165, 1.54) is 78.3 Å². The summed E-state index contributed by atoms with van der Waals surface area (Å²) in [5.41, 5.74) is 18.8. The minimum atomic E-state index is -2.04. The van der Waals surface area contributed by atoms with Gasteiger partial charge in [-0.3, -0.25) is 0 Å². The molecule has 0 spiro atoms. The fourth-order valence-electron chi connectivity index (χ4n) is 9.09. The van der Waals surface area contributed by atoms with Gasteiger partial charge in [-0.1, -0.05) is 138 Å². The highest BCUT2D eigenvalue weighted by atomic mass is 28.3. The van der Waals surface area contributed by atoms with Crippen molar-refractivity contribution < 1.29 is 0 Å². The van der Waals surface area contributed by atoms with Gasteiger partial charge >= 0.3 is 0 Å². The maximum absolute atomic E-state index is 2.57. The van der Waals surface area contributed by atoms with Gasteiger partial charge < -0.3 is 9.80 Å². The van der Waals surface area contributed by atoms with Crippen molar-refractivity contribution in [2.75, 3.05) is 9.80 Å².